The number of hydrogen-bond acceptors (Lipinski definition) is 5. The second kappa shape index (κ2) is 25.1. The summed E-state index contributed by atoms with van der Waals surface area (Å²) in [4.78, 5) is 21.3. The summed E-state index contributed by atoms with van der Waals surface area (Å²) in [5.41, 5.74) is 1.16. The molecule has 0 saturated carbocycles. The predicted molar refractivity (Wildman–Crippen MR) is 170 cm³/mol. The summed E-state index contributed by atoms with van der Waals surface area (Å²) in [7, 11) is 0. The lowest BCUT2D eigenvalue weighted by Crippen LogP contribution is -2.01. The molecule has 44 heavy (non-hydrogen) atoms. The Balaban J connectivity index is 0.000000583. The number of amides is 1. The van der Waals surface area contributed by atoms with Gasteiger partial charge in [0.2, 0.25) is 6.41 Å². The third-order valence-corrected chi connectivity index (χ3v) is 5.10. The molecule has 0 saturated heterocycles. The number of rotatable bonds is 9. The van der Waals surface area contributed by atoms with Gasteiger partial charge in [-0.1, -0.05) is 66.4 Å². The van der Waals surface area contributed by atoms with Crippen molar-refractivity contribution in [1.29, 1.82) is 0 Å². The molecule has 240 valence electrons. The monoisotopic (exact) mass is 614 g/mol. The van der Waals surface area contributed by atoms with Crippen LogP contribution in [0.5, 0.6) is 11.5 Å². The third-order valence-electron chi connectivity index (χ3n) is 5.10. The molecule has 0 atom stereocenters. The maximum absolute atomic E-state index is 12.7. The first-order chi connectivity index (χ1) is 21.1. The average molecular weight is 615 g/mol. The van der Waals surface area contributed by atoms with E-state index in [-0.39, 0.29) is 12.4 Å². The molecule has 0 aliphatic heterocycles. The second-order valence-corrected chi connectivity index (χ2v) is 9.73. The Morgan fingerprint density at radius 1 is 0.841 bits per heavy atom. The van der Waals surface area contributed by atoms with Crippen molar-refractivity contribution in [1.82, 2.24) is 15.0 Å². The third kappa shape index (κ3) is 20.4. The summed E-state index contributed by atoms with van der Waals surface area (Å²) >= 11 is 0. The van der Waals surface area contributed by atoms with Gasteiger partial charge in [0.1, 0.15) is 41.8 Å². The molecule has 1 N–H and O–H groups in total. The highest BCUT2D eigenvalue weighted by atomic mass is 19.1. The molecule has 0 aliphatic rings. The zero-order valence-electron chi connectivity index (χ0n) is 26.5. The van der Waals surface area contributed by atoms with E-state index in [1.165, 1.54) is 67.1 Å². The van der Waals surface area contributed by atoms with Crippen molar-refractivity contribution < 1.29 is 27.5 Å². The van der Waals surface area contributed by atoms with Gasteiger partial charge in [-0.15, -0.1) is 0 Å². The molecule has 1 heterocycles. The molecule has 1 amide bonds. The lowest BCUT2D eigenvalue weighted by atomic mass is 10.1. The van der Waals surface area contributed by atoms with E-state index in [4.69, 9.17) is 4.74 Å². The molecule has 4 rings (SSSR count). The molecule has 7 nitrogen and oxygen atoms in total. The van der Waals surface area contributed by atoms with E-state index in [1.807, 2.05) is 0 Å². The Hall–Kier alpha value is -4.47. The lowest BCUT2D eigenvalue weighted by molar-refractivity contribution is -0.108. The summed E-state index contributed by atoms with van der Waals surface area (Å²) < 4.78 is 42.6. The lowest BCUT2D eigenvalue weighted by Gasteiger charge is -2.06. The Bertz CT molecular complexity index is 1270. The minimum absolute atomic E-state index is 0.243. The number of aryl methyl sites for hydroxylation is 1. The second-order valence-electron chi connectivity index (χ2n) is 9.73. The van der Waals surface area contributed by atoms with Gasteiger partial charge in [0.05, 0.1) is 12.4 Å². The number of unbranched alkanes of at least 4 members (excludes halogenated alkanes) is 1. The summed E-state index contributed by atoms with van der Waals surface area (Å²) in [5.74, 6) is 0.756. The standard InChI is InChI=1S/C13H10FNO2.C7H6F2.C7H16.C4H5N3O.C3H8/c14-10-1-5-12(6-2-10)17-13-7-3-11(4-8-13)15-9-16;1-5-2-3-6(8)4-7(5)9;1-4-5-6-7(2)3;8-4-3-7-5-1-2-6-7;1-3-2/h1-9H,(H,15,16);2-4H,1H3;7H,4-6H2,1-3H3;1-2,4H,3H2;3H2,1-2H3. The number of nitrogens with one attached hydrogen (secondary N) is 1. The smallest absolute Gasteiger partial charge is 0.211 e. The number of ether oxygens (including phenoxy) is 1. The number of aromatic nitrogens is 3. The Labute approximate surface area is 259 Å². The normalized spacial score (nSPS) is 9.41. The average Bonchev–Trinajstić information content (AvgIpc) is 3.51. The summed E-state index contributed by atoms with van der Waals surface area (Å²) in [6.07, 6.45) is 9.81. The molecular formula is C34H45F3N4O3. The van der Waals surface area contributed by atoms with Gasteiger partial charge in [-0.05, 0) is 73.0 Å². The van der Waals surface area contributed by atoms with Gasteiger partial charge < -0.3 is 14.8 Å². The zero-order chi connectivity index (χ0) is 33.2. The highest BCUT2D eigenvalue weighted by Crippen LogP contribution is 2.22. The first-order valence-corrected chi connectivity index (χ1v) is 14.5. The molecule has 1 aromatic heterocycles. The number of carbonyl (C=O) groups is 2. The van der Waals surface area contributed by atoms with Crippen molar-refractivity contribution in [2.45, 2.75) is 73.8 Å². The number of carbonyl (C=O) groups excluding carboxylic acids is 2. The van der Waals surface area contributed by atoms with Gasteiger partial charge in [-0.3, -0.25) is 4.79 Å². The minimum atomic E-state index is -0.530. The molecule has 0 spiro atoms. The van der Waals surface area contributed by atoms with Crippen LogP contribution >= 0.6 is 0 Å². The Kier molecular flexibility index (Phi) is 22.5. The number of hydrogen-bond donors (Lipinski definition) is 1. The van der Waals surface area contributed by atoms with Crippen LogP contribution in [0.15, 0.2) is 79.1 Å². The van der Waals surface area contributed by atoms with Gasteiger partial charge in [-0.2, -0.15) is 15.0 Å². The van der Waals surface area contributed by atoms with Crippen LogP contribution in [-0.4, -0.2) is 27.7 Å². The largest absolute Gasteiger partial charge is 0.457 e. The van der Waals surface area contributed by atoms with Gasteiger partial charge in [0.25, 0.3) is 0 Å². The first-order valence-electron chi connectivity index (χ1n) is 14.5. The number of anilines is 1. The molecule has 0 bridgehead atoms. The van der Waals surface area contributed by atoms with Crippen LogP contribution in [0, 0.1) is 30.3 Å². The maximum Gasteiger partial charge on any atom is 0.211 e. The molecule has 10 heteroatoms. The first kappa shape index (κ1) is 39.5. The van der Waals surface area contributed by atoms with E-state index >= 15 is 0 Å². The van der Waals surface area contributed by atoms with Crippen molar-refractivity contribution >= 4 is 18.4 Å². The van der Waals surface area contributed by atoms with E-state index in [0.29, 0.717) is 29.2 Å². The van der Waals surface area contributed by atoms with E-state index in [0.717, 1.165) is 18.3 Å². The minimum Gasteiger partial charge on any atom is -0.457 e. The number of benzene rings is 3. The number of nitrogens with zero attached hydrogens (tertiary/aromatic N) is 3. The maximum atomic E-state index is 12.7. The molecule has 0 radical (unpaired) electrons. The summed E-state index contributed by atoms with van der Waals surface area (Å²) in [5, 5.41) is 9.88. The molecule has 0 fully saturated rings. The van der Waals surface area contributed by atoms with Crippen LogP contribution in [0.1, 0.15) is 65.9 Å². The van der Waals surface area contributed by atoms with Crippen molar-refractivity contribution in [3.8, 4) is 11.5 Å². The highest BCUT2D eigenvalue weighted by molar-refractivity contribution is 5.71. The fourth-order valence-corrected chi connectivity index (χ4v) is 2.91. The van der Waals surface area contributed by atoms with Crippen molar-refractivity contribution in [3.63, 3.8) is 0 Å². The highest BCUT2D eigenvalue weighted by Gasteiger charge is 1.98. The topological polar surface area (TPSA) is 86.1 Å². The van der Waals surface area contributed by atoms with Gasteiger partial charge in [0, 0.05) is 11.8 Å². The van der Waals surface area contributed by atoms with Gasteiger partial charge >= 0.3 is 0 Å². The summed E-state index contributed by atoms with van der Waals surface area (Å²) in [6, 6.07) is 16.1. The van der Waals surface area contributed by atoms with Gasteiger partial charge in [-0.25, -0.2) is 13.2 Å². The van der Waals surface area contributed by atoms with Crippen LogP contribution in [0.25, 0.3) is 0 Å². The van der Waals surface area contributed by atoms with Gasteiger partial charge in [0.15, 0.2) is 0 Å². The molecule has 0 aliphatic carbocycles. The fourth-order valence-electron chi connectivity index (χ4n) is 2.91. The molecule has 0 unspecified atom stereocenters. The van der Waals surface area contributed by atoms with E-state index in [1.54, 1.807) is 43.3 Å². The SMILES string of the molecule is CCC.CCCCC(C)C.Cc1ccc(F)cc1F.O=CCn1nccn1.O=CNc1ccc(Oc2ccc(F)cc2)cc1. The van der Waals surface area contributed by atoms with Crippen molar-refractivity contribution in [2.75, 3.05) is 5.32 Å². The van der Waals surface area contributed by atoms with Crippen LogP contribution in [0.2, 0.25) is 0 Å². The predicted octanol–water partition coefficient (Wildman–Crippen LogP) is 9.19. The Morgan fingerprint density at radius 2 is 1.36 bits per heavy atom. The molecular weight excluding hydrogens is 569 g/mol. The zero-order valence-corrected chi connectivity index (χ0v) is 26.5. The van der Waals surface area contributed by atoms with Crippen LogP contribution in [0.3, 0.4) is 0 Å². The van der Waals surface area contributed by atoms with E-state index < -0.39 is 11.6 Å². The molecule has 3 aromatic carbocycles. The fraction of sp³-hybridized carbons (Fsp3) is 0.353. The van der Waals surface area contributed by atoms with E-state index in [9.17, 15) is 22.8 Å². The van der Waals surface area contributed by atoms with Crippen molar-refractivity contribution in [2.24, 2.45) is 5.92 Å². The van der Waals surface area contributed by atoms with Crippen LogP contribution in [0.4, 0.5) is 18.9 Å². The van der Waals surface area contributed by atoms with Crippen LogP contribution < -0.4 is 10.1 Å². The van der Waals surface area contributed by atoms with Crippen molar-refractivity contribution in [3.05, 3.63) is 102 Å². The quantitative estimate of drug-likeness (QED) is 0.190. The molecule has 4 aromatic rings. The Morgan fingerprint density at radius 3 is 1.77 bits per heavy atom. The van der Waals surface area contributed by atoms with Crippen LogP contribution in [-0.2, 0) is 16.1 Å². The van der Waals surface area contributed by atoms with E-state index in [2.05, 4.69) is 50.1 Å². The summed E-state index contributed by atoms with van der Waals surface area (Å²) in [6.45, 7) is 12.9. The number of aldehydes is 1. The number of halogens is 3.